The Kier molecular flexibility index (Phi) is 3.55. The van der Waals surface area contributed by atoms with Gasteiger partial charge in [-0.1, -0.05) is 30.3 Å². The zero-order chi connectivity index (χ0) is 16.0. The van der Waals surface area contributed by atoms with E-state index in [9.17, 15) is 4.79 Å². The second-order valence-electron chi connectivity index (χ2n) is 6.72. The Morgan fingerprint density at radius 3 is 2.45 bits per heavy atom. The molecule has 0 N–H and O–H groups in total. The number of cyclic esters (lactones) is 1. The molecule has 2 saturated heterocycles. The third-order valence-corrected chi connectivity index (χ3v) is 4.11. The van der Waals surface area contributed by atoms with Crippen LogP contribution in [0.15, 0.2) is 30.3 Å². The lowest BCUT2D eigenvalue weighted by Crippen LogP contribution is -2.69. The van der Waals surface area contributed by atoms with Gasteiger partial charge >= 0.3 is 11.9 Å². The van der Waals surface area contributed by atoms with Gasteiger partial charge in [0.25, 0.3) is 0 Å². The molecule has 0 bridgehead atoms. The Morgan fingerprint density at radius 1 is 1.09 bits per heavy atom. The molecule has 2 heterocycles. The van der Waals surface area contributed by atoms with Gasteiger partial charge in [-0.2, -0.15) is 0 Å². The van der Waals surface area contributed by atoms with Crippen LogP contribution in [0.2, 0.25) is 0 Å². The van der Waals surface area contributed by atoms with Gasteiger partial charge in [-0.15, -0.1) is 0 Å². The largest absolute Gasteiger partial charge is 0.449 e. The first-order valence-electron chi connectivity index (χ1n) is 7.56. The van der Waals surface area contributed by atoms with Gasteiger partial charge < -0.3 is 18.9 Å². The van der Waals surface area contributed by atoms with E-state index in [1.54, 1.807) is 27.7 Å². The van der Waals surface area contributed by atoms with Crippen molar-refractivity contribution in [1.82, 2.24) is 0 Å². The Hall–Kier alpha value is -1.43. The monoisotopic (exact) mass is 306 g/mol. The Bertz CT molecular complexity index is 566. The smallest absolute Gasteiger partial charge is 0.338 e. The van der Waals surface area contributed by atoms with E-state index in [2.05, 4.69) is 0 Å². The summed E-state index contributed by atoms with van der Waals surface area (Å²) < 4.78 is 23.5. The van der Waals surface area contributed by atoms with Gasteiger partial charge in [0.05, 0.1) is 12.7 Å². The molecule has 5 heteroatoms. The predicted molar refractivity (Wildman–Crippen MR) is 78.9 cm³/mol. The molecule has 2 fully saturated rings. The minimum absolute atomic E-state index is 0.165. The maximum Gasteiger partial charge on any atom is 0.338 e. The quantitative estimate of drug-likeness (QED) is 0.747. The predicted octanol–water partition coefficient (Wildman–Crippen LogP) is 2.95. The molecular weight excluding hydrogens is 284 g/mol. The second kappa shape index (κ2) is 5.05. The standard InChI is InChI=1S/C17H22O5/c1-15(2)14(18)21-16(3,4)17(22-15)19-11-10-13(20-17)12-8-6-5-7-9-12/h5-9,13H,10-11H2,1-4H3. The molecule has 0 saturated carbocycles. The number of carbonyl (C=O) groups is 1. The molecule has 120 valence electrons. The van der Waals surface area contributed by atoms with Gasteiger partial charge in [0.1, 0.15) is 0 Å². The molecule has 0 aromatic heterocycles. The number of carbonyl (C=O) groups excluding carboxylic acids is 1. The molecule has 1 spiro atoms. The number of hydrogen-bond donors (Lipinski definition) is 0. The van der Waals surface area contributed by atoms with Crippen LogP contribution in [-0.4, -0.2) is 29.8 Å². The van der Waals surface area contributed by atoms with Crippen LogP contribution >= 0.6 is 0 Å². The summed E-state index contributed by atoms with van der Waals surface area (Å²) in [5, 5.41) is 0. The molecule has 2 unspecified atom stereocenters. The van der Waals surface area contributed by atoms with E-state index in [-0.39, 0.29) is 6.10 Å². The third kappa shape index (κ3) is 2.43. The van der Waals surface area contributed by atoms with E-state index in [1.165, 1.54) is 0 Å². The van der Waals surface area contributed by atoms with E-state index < -0.39 is 23.1 Å². The molecule has 5 nitrogen and oxygen atoms in total. The van der Waals surface area contributed by atoms with Crippen LogP contribution in [0.5, 0.6) is 0 Å². The van der Waals surface area contributed by atoms with Crippen LogP contribution in [0.1, 0.15) is 45.8 Å². The number of benzene rings is 1. The number of esters is 1. The Balaban J connectivity index is 1.92. The highest BCUT2D eigenvalue weighted by atomic mass is 16.9. The first kappa shape index (κ1) is 15.5. The van der Waals surface area contributed by atoms with E-state index in [0.717, 1.165) is 12.0 Å². The summed E-state index contributed by atoms with van der Waals surface area (Å²) in [6, 6.07) is 9.92. The topological polar surface area (TPSA) is 54.0 Å². The maximum absolute atomic E-state index is 12.1. The summed E-state index contributed by atoms with van der Waals surface area (Å²) in [7, 11) is 0. The fraction of sp³-hybridized carbons (Fsp3) is 0.588. The van der Waals surface area contributed by atoms with Crippen molar-refractivity contribution in [3.63, 3.8) is 0 Å². The summed E-state index contributed by atoms with van der Waals surface area (Å²) in [6.07, 6.45) is 0.557. The van der Waals surface area contributed by atoms with Crippen molar-refractivity contribution in [3.8, 4) is 0 Å². The fourth-order valence-corrected chi connectivity index (χ4v) is 2.77. The molecular formula is C17H22O5. The summed E-state index contributed by atoms with van der Waals surface area (Å²) in [5.41, 5.74) is -1.10. The summed E-state index contributed by atoms with van der Waals surface area (Å²) in [5.74, 6) is -1.82. The van der Waals surface area contributed by atoms with Crippen molar-refractivity contribution in [2.45, 2.75) is 57.4 Å². The molecule has 0 radical (unpaired) electrons. The molecule has 3 rings (SSSR count). The SMILES string of the molecule is CC1(C)OC2(OCCC(c3ccccc3)O2)C(C)(C)OC1=O. The summed E-state index contributed by atoms with van der Waals surface area (Å²) in [6.45, 7) is 7.27. The third-order valence-electron chi connectivity index (χ3n) is 4.11. The maximum atomic E-state index is 12.1. The first-order valence-corrected chi connectivity index (χ1v) is 7.56. The van der Waals surface area contributed by atoms with Crippen molar-refractivity contribution in [2.24, 2.45) is 0 Å². The van der Waals surface area contributed by atoms with Gasteiger partial charge in [0.15, 0.2) is 11.2 Å². The zero-order valence-electron chi connectivity index (χ0n) is 13.4. The number of ether oxygens (including phenoxy) is 4. The highest BCUT2D eigenvalue weighted by molar-refractivity contribution is 5.79. The lowest BCUT2D eigenvalue weighted by atomic mass is 9.98. The molecule has 2 aliphatic heterocycles. The number of rotatable bonds is 1. The Labute approximate surface area is 130 Å². The van der Waals surface area contributed by atoms with Gasteiger partial charge in [-0.3, -0.25) is 0 Å². The molecule has 1 aromatic rings. The van der Waals surface area contributed by atoms with Crippen LogP contribution in [0.25, 0.3) is 0 Å². The van der Waals surface area contributed by atoms with E-state index in [4.69, 9.17) is 18.9 Å². The van der Waals surface area contributed by atoms with Crippen LogP contribution in [0, 0.1) is 0 Å². The van der Waals surface area contributed by atoms with E-state index >= 15 is 0 Å². The molecule has 22 heavy (non-hydrogen) atoms. The van der Waals surface area contributed by atoms with E-state index in [1.807, 2.05) is 30.3 Å². The highest BCUT2D eigenvalue weighted by Gasteiger charge is 2.63. The molecule has 2 aliphatic rings. The van der Waals surface area contributed by atoms with Crippen LogP contribution in [0.4, 0.5) is 0 Å². The second-order valence-corrected chi connectivity index (χ2v) is 6.72. The van der Waals surface area contributed by atoms with Crippen molar-refractivity contribution in [3.05, 3.63) is 35.9 Å². The van der Waals surface area contributed by atoms with Gasteiger partial charge in [-0.05, 0) is 33.3 Å². The Morgan fingerprint density at radius 2 is 1.77 bits per heavy atom. The molecule has 1 aromatic carbocycles. The van der Waals surface area contributed by atoms with Crippen LogP contribution in [-0.2, 0) is 23.7 Å². The van der Waals surface area contributed by atoms with Crippen molar-refractivity contribution in [1.29, 1.82) is 0 Å². The van der Waals surface area contributed by atoms with Gasteiger partial charge in [0, 0.05) is 6.42 Å². The van der Waals surface area contributed by atoms with Crippen molar-refractivity contribution in [2.75, 3.05) is 6.61 Å². The minimum Gasteiger partial charge on any atom is -0.449 e. The normalized spacial score (nSPS) is 33.5. The lowest BCUT2D eigenvalue weighted by molar-refractivity contribution is -0.495. The molecule has 2 atom stereocenters. The lowest BCUT2D eigenvalue weighted by Gasteiger charge is -2.53. The highest BCUT2D eigenvalue weighted by Crippen LogP contribution is 2.47. The van der Waals surface area contributed by atoms with Gasteiger partial charge in [0.2, 0.25) is 0 Å². The zero-order valence-corrected chi connectivity index (χ0v) is 13.4. The summed E-state index contributed by atoms with van der Waals surface area (Å²) in [4.78, 5) is 12.1. The van der Waals surface area contributed by atoms with E-state index in [0.29, 0.717) is 6.61 Å². The van der Waals surface area contributed by atoms with Crippen LogP contribution in [0.3, 0.4) is 0 Å². The van der Waals surface area contributed by atoms with Crippen molar-refractivity contribution >= 4 is 5.97 Å². The number of hydrogen-bond acceptors (Lipinski definition) is 5. The van der Waals surface area contributed by atoms with Crippen molar-refractivity contribution < 1.29 is 23.7 Å². The van der Waals surface area contributed by atoms with Gasteiger partial charge in [-0.25, -0.2) is 4.79 Å². The average Bonchev–Trinajstić information content (AvgIpc) is 2.46. The summed E-state index contributed by atoms with van der Waals surface area (Å²) >= 11 is 0. The fourth-order valence-electron chi connectivity index (χ4n) is 2.77. The average molecular weight is 306 g/mol. The van der Waals surface area contributed by atoms with Crippen LogP contribution < -0.4 is 0 Å². The minimum atomic E-state index is -1.40. The molecule has 0 aliphatic carbocycles. The molecule has 0 amide bonds. The first-order chi connectivity index (χ1) is 10.3.